The van der Waals surface area contributed by atoms with Gasteiger partial charge in [-0.05, 0) is 38.1 Å². The van der Waals surface area contributed by atoms with Crippen LogP contribution in [0.15, 0.2) is 30.6 Å². The maximum Gasteiger partial charge on any atom is 0.411 e. The van der Waals surface area contributed by atoms with Crippen molar-refractivity contribution in [3.05, 3.63) is 36.2 Å². The minimum atomic E-state index is -0.499. The molecule has 0 aliphatic carbocycles. The second kappa shape index (κ2) is 9.22. The molecule has 9 nitrogen and oxygen atoms in total. The number of amides is 1. The molecular formula is C20H25N5O4. The number of hydrogen-bond acceptors (Lipinski definition) is 8. The molecule has 1 aromatic carbocycles. The molecule has 2 heterocycles. The molecule has 1 aromatic heterocycles. The molecule has 1 aliphatic heterocycles. The fraction of sp³-hybridized carbons (Fsp3) is 0.400. The number of hydrogen-bond donors (Lipinski definition) is 2. The SMILES string of the molecule is CC(C)Oc1ccc(NC(=O)OC2CCN(c3ncnc(N)c3C=O)CC2)cc1. The van der Waals surface area contributed by atoms with E-state index in [9.17, 15) is 9.59 Å². The number of carbonyl (C=O) groups is 2. The van der Waals surface area contributed by atoms with Gasteiger partial charge in [0.2, 0.25) is 0 Å². The first-order valence-electron chi connectivity index (χ1n) is 9.51. The predicted octanol–water partition coefficient (Wildman–Crippen LogP) is 2.88. The average Bonchev–Trinajstić information content (AvgIpc) is 2.69. The van der Waals surface area contributed by atoms with E-state index in [-0.39, 0.29) is 23.6 Å². The third kappa shape index (κ3) is 5.34. The Morgan fingerprint density at radius 1 is 1.24 bits per heavy atom. The van der Waals surface area contributed by atoms with Crippen molar-refractivity contribution in [1.82, 2.24) is 9.97 Å². The number of anilines is 3. The fourth-order valence-electron chi connectivity index (χ4n) is 3.14. The van der Waals surface area contributed by atoms with Gasteiger partial charge in [-0.25, -0.2) is 14.8 Å². The van der Waals surface area contributed by atoms with E-state index in [1.807, 2.05) is 18.7 Å². The molecule has 0 saturated carbocycles. The van der Waals surface area contributed by atoms with Gasteiger partial charge in [-0.1, -0.05) is 0 Å². The lowest BCUT2D eigenvalue weighted by Gasteiger charge is -2.33. The molecule has 0 unspecified atom stereocenters. The molecule has 1 aliphatic rings. The number of nitrogens with two attached hydrogens (primary N) is 1. The number of rotatable bonds is 6. The van der Waals surface area contributed by atoms with Gasteiger partial charge in [0, 0.05) is 31.6 Å². The number of aldehydes is 1. The minimum absolute atomic E-state index is 0.0889. The van der Waals surface area contributed by atoms with Crippen LogP contribution in [0.2, 0.25) is 0 Å². The van der Waals surface area contributed by atoms with E-state index in [0.717, 1.165) is 5.75 Å². The average molecular weight is 399 g/mol. The summed E-state index contributed by atoms with van der Waals surface area (Å²) in [4.78, 5) is 33.4. The molecule has 0 atom stereocenters. The van der Waals surface area contributed by atoms with Gasteiger partial charge in [-0.15, -0.1) is 0 Å². The quantitative estimate of drug-likeness (QED) is 0.712. The van der Waals surface area contributed by atoms with Crippen LogP contribution in [0.3, 0.4) is 0 Å². The molecule has 29 heavy (non-hydrogen) atoms. The molecule has 0 radical (unpaired) electrons. The van der Waals surface area contributed by atoms with Crippen molar-refractivity contribution in [1.29, 1.82) is 0 Å². The van der Waals surface area contributed by atoms with Crippen molar-refractivity contribution in [3.63, 3.8) is 0 Å². The number of nitrogens with zero attached hydrogens (tertiary/aromatic N) is 3. The topological polar surface area (TPSA) is 120 Å². The van der Waals surface area contributed by atoms with E-state index < -0.39 is 6.09 Å². The van der Waals surface area contributed by atoms with Crippen LogP contribution in [0.4, 0.5) is 22.1 Å². The van der Waals surface area contributed by atoms with Crippen LogP contribution in [0.1, 0.15) is 37.0 Å². The Labute approximate surface area is 169 Å². The highest BCUT2D eigenvalue weighted by molar-refractivity contribution is 5.88. The second-order valence-electron chi connectivity index (χ2n) is 7.02. The highest BCUT2D eigenvalue weighted by Crippen LogP contribution is 2.24. The normalized spacial score (nSPS) is 14.5. The van der Waals surface area contributed by atoms with E-state index in [0.29, 0.717) is 43.7 Å². The minimum Gasteiger partial charge on any atom is -0.491 e. The highest BCUT2D eigenvalue weighted by Gasteiger charge is 2.25. The Bertz CT molecular complexity index is 848. The fourth-order valence-corrected chi connectivity index (χ4v) is 3.14. The third-order valence-electron chi connectivity index (χ3n) is 4.50. The summed E-state index contributed by atoms with van der Waals surface area (Å²) >= 11 is 0. The molecule has 3 rings (SSSR count). The van der Waals surface area contributed by atoms with E-state index in [1.54, 1.807) is 24.3 Å². The van der Waals surface area contributed by atoms with Crippen LogP contribution < -0.4 is 20.7 Å². The summed E-state index contributed by atoms with van der Waals surface area (Å²) in [5.41, 5.74) is 6.66. The first-order chi connectivity index (χ1) is 14.0. The number of nitrogens with one attached hydrogen (secondary N) is 1. The summed E-state index contributed by atoms with van der Waals surface area (Å²) in [7, 11) is 0. The molecule has 0 bridgehead atoms. The standard InChI is InChI=1S/C20H25N5O4/c1-13(2)28-15-5-3-14(4-6-15)24-20(27)29-16-7-9-25(10-8-16)19-17(11-26)18(21)22-12-23-19/h3-6,11-13,16H,7-10H2,1-2H3,(H,24,27)(H2,21,22,23). The maximum absolute atomic E-state index is 12.2. The molecular weight excluding hydrogens is 374 g/mol. The molecule has 1 fully saturated rings. The lowest BCUT2D eigenvalue weighted by molar-refractivity contribution is 0.0950. The van der Waals surface area contributed by atoms with E-state index >= 15 is 0 Å². The summed E-state index contributed by atoms with van der Waals surface area (Å²) in [6, 6.07) is 7.13. The monoisotopic (exact) mass is 399 g/mol. The van der Waals surface area contributed by atoms with Crippen molar-refractivity contribution in [3.8, 4) is 5.75 Å². The summed E-state index contributed by atoms with van der Waals surface area (Å²) in [6.45, 7) is 5.09. The zero-order chi connectivity index (χ0) is 20.8. The van der Waals surface area contributed by atoms with Crippen LogP contribution in [0.25, 0.3) is 0 Å². The van der Waals surface area contributed by atoms with Crippen LogP contribution in [-0.4, -0.2) is 47.6 Å². The lowest BCUT2D eigenvalue weighted by atomic mass is 10.1. The molecule has 1 amide bonds. The van der Waals surface area contributed by atoms with Crippen LogP contribution >= 0.6 is 0 Å². The Morgan fingerprint density at radius 3 is 2.55 bits per heavy atom. The molecule has 154 valence electrons. The number of aromatic nitrogens is 2. The molecule has 0 spiro atoms. The van der Waals surface area contributed by atoms with Gasteiger partial charge < -0.3 is 20.1 Å². The first kappa shape index (κ1) is 20.4. The summed E-state index contributed by atoms with van der Waals surface area (Å²) < 4.78 is 11.1. The highest BCUT2D eigenvalue weighted by atomic mass is 16.6. The number of ether oxygens (including phenoxy) is 2. The van der Waals surface area contributed by atoms with E-state index in [4.69, 9.17) is 15.2 Å². The van der Waals surface area contributed by atoms with Gasteiger partial charge >= 0.3 is 6.09 Å². The molecule has 1 saturated heterocycles. The lowest BCUT2D eigenvalue weighted by Crippen LogP contribution is -2.39. The van der Waals surface area contributed by atoms with Crippen LogP contribution in [-0.2, 0) is 4.74 Å². The summed E-state index contributed by atoms with van der Waals surface area (Å²) in [5, 5.41) is 2.72. The van der Waals surface area contributed by atoms with Gasteiger partial charge in [0.25, 0.3) is 0 Å². The number of nitrogen functional groups attached to an aromatic ring is 1. The second-order valence-corrected chi connectivity index (χ2v) is 7.02. The first-order valence-corrected chi connectivity index (χ1v) is 9.51. The zero-order valence-electron chi connectivity index (χ0n) is 16.5. The van der Waals surface area contributed by atoms with Crippen molar-refractivity contribution < 1.29 is 19.1 Å². The van der Waals surface area contributed by atoms with Crippen LogP contribution in [0.5, 0.6) is 5.75 Å². The van der Waals surface area contributed by atoms with Gasteiger partial charge in [0.05, 0.1) is 11.7 Å². The van der Waals surface area contributed by atoms with Gasteiger partial charge in [-0.3, -0.25) is 10.1 Å². The van der Waals surface area contributed by atoms with Crippen molar-refractivity contribution in [2.24, 2.45) is 0 Å². The Balaban J connectivity index is 1.50. The summed E-state index contributed by atoms with van der Waals surface area (Å²) in [5.74, 6) is 1.41. The third-order valence-corrected chi connectivity index (χ3v) is 4.50. The smallest absolute Gasteiger partial charge is 0.411 e. The van der Waals surface area contributed by atoms with Gasteiger partial charge in [-0.2, -0.15) is 0 Å². The van der Waals surface area contributed by atoms with Crippen LogP contribution in [0, 0.1) is 0 Å². The molecule has 2 aromatic rings. The molecule has 9 heteroatoms. The van der Waals surface area contributed by atoms with Crippen molar-refractivity contribution in [2.45, 2.75) is 38.9 Å². The summed E-state index contributed by atoms with van der Waals surface area (Å²) in [6.07, 6.45) is 2.62. The van der Waals surface area contributed by atoms with Gasteiger partial charge in [0.15, 0.2) is 6.29 Å². The van der Waals surface area contributed by atoms with E-state index in [2.05, 4.69) is 15.3 Å². The largest absolute Gasteiger partial charge is 0.491 e. The maximum atomic E-state index is 12.2. The number of carbonyl (C=O) groups excluding carboxylic acids is 2. The van der Waals surface area contributed by atoms with Gasteiger partial charge in [0.1, 0.15) is 29.8 Å². The molecule has 3 N–H and O–H groups in total. The zero-order valence-corrected chi connectivity index (χ0v) is 16.5. The predicted molar refractivity (Wildman–Crippen MR) is 109 cm³/mol. The van der Waals surface area contributed by atoms with Crippen molar-refractivity contribution in [2.75, 3.05) is 29.0 Å². The Kier molecular flexibility index (Phi) is 6.48. The Hall–Kier alpha value is -3.36. The Morgan fingerprint density at radius 2 is 1.93 bits per heavy atom. The number of piperidine rings is 1. The van der Waals surface area contributed by atoms with Crippen molar-refractivity contribution >= 4 is 29.7 Å². The van der Waals surface area contributed by atoms with E-state index in [1.165, 1.54) is 6.33 Å². The number of benzene rings is 1.